The first-order valence-corrected chi connectivity index (χ1v) is 8.31. The van der Waals surface area contributed by atoms with E-state index in [1.165, 1.54) is 0 Å². The monoisotopic (exact) mass is 319 g/mol. The highest BCUT2D eigenvalue weighted by molar-refractivity contribution is 5.78. The molecule has 0 bridgehead atoms. The van der Waals surface area contributed by atoms with Gasteiger partial charge in [0, 0.05) is 51.7 Å². The van der Waals surface area contributed by atoms with Gasteiger partial charge in [-0.25, -0.2) is 4.98 Å². The van der Waals surface area contributed by atoms with Crippen molar-refractivity contribution in [3.63, 3.8) is 0 Å². The van der Waals surface area contributed by atoms with E-state index in [2.05, 4.69) is 26.7 Å². The highest BCUT2D eigenvalue weighted by Crippen LogP contribution is 2.12. The van der Waals surface area contributed by atoms with Crippen LogP contribution in [0, 0.1) is 5.92 Å². The zero-order valence-electron chi connectivity index (χ0n) is 13.7. The molecule has 3 heterocycles. The first kappa shape index (κ1) is 16.1. The molecule has 1 aromatic heterocycles. The zero-order chi connectivity index (χ0) is 16.1. The predicted molar refractivity (Wildman–Crippen MR) is 87.2 cm³/mol. The molecule has 1 amide bonds. The molecule has 0 aliphatic carbocycles. The van der Waals surface area contributed by atoms with Crippen molar-refractivity contribution in [2.24, 2.45) is 5.92 Å². The minimum Gasteiger partial charge on any atom is -0.380 e. The van der Waals surface area contributed by atoms with Gasteiger partial charge in [0.15, 0.2) is 0 Å². The average Bonchev–Trinajstić information content (AvgIpc) is 2.79. The topological polar surface area (TPSA) is 61.8 Å². The lowest BCUT2D eigenvalue weighted by molar-refractivity contribution is -0.132. The van der Waals surface area contributed by atoms with Crippen LogP contribution >= 0.6 is 0 Å². The molecule has 0 N–H and O–H groups in total. The number of ether oxygens (including phenoxy) is 1. The van der Waals surface area contributed by atoms with Crippen LogP contribution < -0.4 is 4.90 Å². The fourth-order valence-corrected chi connectivity index (χ4v) is 3.14. The molecule has 3 rings (SSSR count). The predicted octanol–water partition coefficient (Wildman–Crippen LogP) is 0.0935. The maximum absolute atomic E-state index is 12.5. The Kier molecular flexibility index (Phi) is 5.40. The SMILES string of the molecule is CC1COCCN(CC(=O)N2CCN(c3cnccn3)CC2)C1. The highest BCUT2D eigenvalue weighted by Gasteiger charge is 2.24. The Morgan fingerprint density at radius 3 is 2.83 bits per heavy atom. The summed E-state index contributed by atoms with van der Waals surface area (Å²) in [7, 11) is 0. The first-order chi connectivity index (χ1) is 11.2. The second-order valence-electron chi connectivity index (χ2n) is 6.35. The number of anilines is 1. The Hall–Kier alpha value is -1.73. The quantitative estimate of drug-likeness (QED) is 0.787. The van der Waals surface area contributed by atoms with Crippen LogP contribution in [-0.4, -0.2) is 84.7 Å². The standard InChI is InChI=1S/C16H25N5O2/c1-14-11-19(8-9-23-13-14)12-16(22)21-6-4-20(5-7-21)15-10-17-2-3-18-15/h2-3,10,14H,4-9,11-13H2,1H3. The summed E-state index contributed by atoms with van der Waals surface area (Å²) in [6, 6.07) is 0. The number of amides is 1. The lowest BCUT2D eigenvalue weighted by Crippen LogP contribution is -2.51. The molecule has 2 aliphatic rings. The second kappa shape index (κ2) is 7.70. The van der Waals surface area contributed by atoms with Gasteiger partial charge in [0.2, 0.25) is 5.91 Å². The minimum absolute atomic E-state index is 0.220. The summed E-state index contributed by atoms with van der Waals surface area (Å²) in [5, 5.41) is 0. The Balaban J connectivity index is 1.48. The van der Waals surface area contributed by atoms with Crippen LogP contribution in [0.5, 0.6) is 0 Å². The maximum atomic E-state index is 12.5. The number of rotatable bonds is 3. The Morgan fingerprint density at radius 2 is 2.09 bits per heavy atom. The lowest BCUT2D eigenvalue weighted by Gasteiger charge is -2.36. The van der Waals surface area contributed by atoms with Gasteiger partial charge < -0.3 is 14.5 Å². The molecule has 1 aromatic rings. The van der Waals surface area contributed by atoms with Crippen LogP contribution in [0.2, 0.25) is 0 Å². The fourth-order valence-electron chi connectivity index (χ4n) is 3.14. The van der Waals surface area contributed by atoms with Gasteiger partial charge in [0.1, 0.15) is 5.82 Å². The van der Waals surface area contributed by atoms with Crippen molar-refractivity contribution in [2.75, 3.05) is 63.9 Å². The Morgan fingerprint density at radius 1 is 1.26 bits per heavy atom. The molecule has 7 nitrogen and oxygen atoms in total. The van der Waals surface area contributed by atoms with Crippen molar-refractivity contribution < 1.29 is 9.53 Å². The number of piperazine rings is 1. The molecular formula is C16H25N5O2. The van der Waals surface area contributed by atoms with Gasteiger partial charge >= 0.3 is 0 Å². The van der Waals surface area contributed by atoms with Crippen LogP contribution in [0.25, 0.3) is 0 Å². The third kappa shape index (κ3) is 4.39. The van der Waals surface area contributed by atoms with Crippen molar-refractivity contribution in [3.05, 3.63) is 18.6 Å². The third-order valence-electron chi connectivity index (χ3n) is 4.39. The van der Waals surface area contributed by atoms with E-state index in [4.69, 9.17) is 4.74 Å². The van der Waals surface area contributed by atoms with Crippen molar-refractivity contribution in [2.45, 2.75) is 6.92 Å². The van der Waals surface area contributed by atoms with Crippen molar-refractivity contribution in [1.82, 2.24) is 19.8 Å². The molecule has 2 fully saturated rings. The van der Waals surface area contributed by atoms with E-state index in [-0.39, 0.29) is 5.91 Å². The molecule has 1 atom stereocenters. The van der Waals surface area contributed by atoms with Crippen LogP contribution in [0.1, 0.15) is 6.92 Å². The summed E-state index contributed by atoms with van der Waals surface area (Å²) >= 11 is 0. The number of carbonyl (C=O) groups is 1. The largest absolute Gasteiger partial charge is 0.380 e. The van der Waals surface area contributed by atoms with Crippen molar-refractivity contribution in [1.29, 1.82) is 0 Å². The number of hydrogen-bond acceptors (Lipinski definition) is 6. The van der Waals surface area contributed by atoms with E-state index in [9.17, 15) is 4.79 Å². The molecule has 2 saturated heterocycles. The number of hydrogen-bond donors (Lipinski definition) is 0. The molecule has 0 aromatic carbocycles. The molecule has 126 valence electrons. The van der Waals surface area contributed by atoms with E-state index in [0.717, 1.165) is 58.3 Å². The number of carbonyl (C=O) groups excluding carboxylic acids is 1. The normalized spacial score (nSPS) is 23.6. The molecule has 1 unspecified atom stereocenters. The van der Waals surface area contributed by atoms with Crippen LogP contribution in [0.4, 0.5) is 5.82 Å². The van der Waals surface area contributed by atoms with Crippen LogP contribution in [0.3, 0.4) is 0 Å². The smallest absolute Gasteiger partial charge is 0.236 e. The molecule has 0 saturated carbocycles. The summed E-state index contributed by atoms with van der Waals surface area (Å²) in [4.78, 5) is 27.3. The van der Waals surface area contributed by atoms with Gasteiger partial charge in [-0.2, -0.15) is 0 Å². The number of nitrogens with zero attached hydrogens (tertiary/aromatic N) is 5. The first-order valence-electron chi connectivity index (χ1n) is 8.31. The van der Waals surface area contributed by atoms with E-state index in [1.54, 1.807) is 18.6 Å². The van der Waals surface area contributed by atoms with Gasteiger partial charge in [-0.05, 0) is 5.92 Å². The van der Waals surface area contributed by atoms with Gasteiger partial charge in [-0.3, -0.25) is 14.7 Å². The zero-order valence-corrected chi connectivity index (χ0v) is 13.7. The van der Waals surface area contributed by atoms with Crippen molar-refractivity contribution in [3.8, 4) is 0 Å². The summed E-state index contributed by atoms with van der Waals surface area (Å²) < 4.78 is 5.54. The Labute approximate surface area is 137 Å². The molecule has 2 aliphatic heterocycles. The lowest BCUT2D eigenvalue weighted by atomic mass is 10.2. The molecule has 7 heteroatoms. The molecular weight excluding hydrogens is 294 g/mol. The van der Waals surface area contributed by atoms with Crippen molar-refractivity contribution >= 4 is 11.7 Å². The highest BCUT2D eigenvalue weighted by atomic mass is 16.5. The van der Waals surface area contributed by atoms with Gasteiger partial charge in [-0.1, -0.05) is 6.92 Å². The van der Waals surface area contributed by atoms with E-state index in [0.29, 0.717) is 12.5 Å². The Bertz CT molecular complexity index is 504. The van der Waals surface area contributed by atoms with E-state index < -0.39 is 0 Å². The summed E-state index contributed by atoms with van der Waals surface area (Å²) in [5.74, 6) is 1.59. The second-order valence-corrected chi connectivity index (χ2v) is 6.35. The summed E-state index contributed by atoms with van der Waals surface area (Å²) in [5.41, 5.74) is 0. The summed E-state index contributed by atoms with van der Waals surface area (Å²) in [6.07, 6.45) is 5.15. The van der Waals surface area contributed by atoms with Crippen LogP contribution in [0.15, 0.2) is 18.6 Å². The summed E-state index contributed by atoms with van der Waals surface area (Å²) in [6.45, 7) is 9.07. The third-order valence-corrected chi connectivity index (χ3v) is 4.39. The fraction of sp³-hybridized carbons (Fsp3) is 0.688. The van der Waals surface area contributed by atoms with E-state index >= 15 is 0 Å². The average molecular weight is 319 g/mol. The molecule has 23 heavy (non-hydrogen) atoms. The minimum atomic E-state index is 0.220. The maximum Gasteiger partial charge on any atom is 0.236 e. The van der Waals surface area contributed by atoms with E-state index in [1.807, 2.05) is 4.90 Å². The molecule has 0 radical (unpaired) electrons. The van der Waals surface area contributed by atoms with Gasteiger partial charge in [-0.15, -0.1) is 0 Å². The van der Waals surface area contributed by atoms with Gasteiger partial charge in [0.25, 0.3) is 0 Å². The van der Waals surface area contributed by atoms with Gasteiger partial charge in [0.05, 0.1) is 26.0 Å². The molecule has 0 spiro atoms. The number of aromatic nitrogens is 2. The van der Waals surface area contributed by atoms with Crippen LogP contribution in [-0.2, 0) is 9.53 Å².